The summed E-state index contributed by atoms with van der Waals surface area (Å²) in [5.74, 6) is -0.243. The molecule has 6 nitrogen and oxygen atoms in total. The van der Waals surface area contributed by atoms with E-state index >= 15 is 0 Å². The monoisotopic (exact) mass is 510 g/mol. The van der Waals surface area contributed by atoms with Crippen LogP contribution in [-0.2, 0) is 9.59 Å². The highest BCUT2D eigenvalue weighted by Gasteiger charge is 2.28. The van der Waals surface area contributed by atoms with E-state index in [0.717, 1.165) is 0 Å². The van der Waals surface area contributed by atoms with Gasteiger partial charge in [-0.05, 0) is 64.0 Å². The molecule has 1 saturated heterocycles. The van der Waals surface area contributed by atoms with Gasteiger partial charge in [0.25, 0.3) is 11.8 Å². The number of thiocarbonyl (C=S) groups is 1. The summed E-state index contributed by atoms with van der Waals surface area (Å²) in [5, 5.41) is 2.62. The molecule has 3 rings (SSSR count). The van der Waals surface area contributed by atoms with E-state index in [1.54, 1.807) is 25.3 Å². The molecule has 0 saturated carbocycles. The lowest BCUT2D eigenvalue weighted by atomic mass is 10.2. The molecule has 0 aromatic heterocycles. The maximum atomic E-state index is 13.0. The van der Waals surface area contributed by atoms with Crippen LogP contribution >= 0.6 is 39.9 Å². The zero-order valence-electron chi connectivity index (χ0n) is 15.9. The zero-order valence-corrected chi connectivity index (χ0v) is 19.1. The Labute approximate surface area is 190 Å². The molecule has 2 aromatic rings. The van der Waals surface area contributed by atoms with E-state index in [1.807, 2.05) is 0 Å². The van der Waals surface area contributed by atoms with E-state index in [4.69, 9.17) is 21.7 Å². The van der Waals surface area contributed by atoms with Crippen LogP contribution in [0.15, 0.2) is 45.8 Å². The van der Waals surface area contributed by atoms with Gasteiger partial charge in [-0.2, -0.15) is 0 Å². The van der Waals surface area contributed by atoms with Gasteiger partial charge in [-0.25, -0.2) is 4.39 Å². The minimum Gasteiger partial charge on any atom is -0.493 e. The third-order valence-electron chi connectivity index (χ3n) is 4.01. The quantitative estimate of drug-likeness (QED) is 0.457. The van der Waals surface area contributed by atoms with Crippen molar-refractivity contribution < 1.29 is 23.5 Å². The molecular weight excluding hydrogens is 495 g/mol. The Bertz CT molecular complexity index is 1040. The number of hydrogen-bond donors (Lipinski definition) is 1. The number of carbonyl (C=O) groups excluding carboxylic acids is 2. The van der Waals surface area contributed by atoms with E-state index in [0.29, 0.717) is 36.4 Å². The summed E-state index contributed by atoms with van der Waals surface area (Å²) in [6.45, 7) is -0.278. The lowest BCUT2D eigenvalue weighted by Gasteiger charge is -2.14. The first-order valence-corrected chi connectivity index (χ1v) is 10.6. The average molecular weight is 511 g/mol. The largest absolute Gasteiger partial charge is 0.493 e. The number of amides is 2. The van der Waals surface area contributed by atoms with Crippen molar-refractivity contribution in [3.8, 4) is 11.5 Å². The number of nitrogens with one attached hydrogen (secondary N) is 1. The lowest BCUT2D eigenvalue weighted by molar-refractivity contribution is -0.121. The van der Waals surface area contributed by atoms with Crippen LogP contribution < -0.4 is 14.8 Å². The second kappa shape index (κ2) is 9.59. The van der Waals surface area contributed by atoms with Crippen LogP contribution in [0.5, 0.6) is 11.5 Å². The normalized spacial score (nSPS) is 14.9. The van der Waals surface area contributed by atoms with Gasteiger partial charge < -0.3 is 14.8 Å². The first-order chi connectivity index (χ1) is 14.3. The van der Waals surface area contributed by atoms with E-state index in [2.05, 4.69) is 21.2 Å². The highest BCUT2D eigenvalue weighted by atomic mass is 79.9. The van der Waals surface area contributed by atoms with Crippen LogP contribution in [0.3, 0.4) is 0 Å². The van der Waals surface area contributed by atoms with Gasteiger partial charge >= 0.3 is 0 Å². The van der Waals surface area contributed by atoms with E-state index in [1.165, 1.54) is 48.0 Å². The summed E-state index contributed by atoms with van der Waals surface area (Å²) in [5.41, 5.74) is 1.16. The predicted molar refractivity (Wildman–Crippen MR) is 122 cm³/mol. The highest BCUT2D eigenvalue weighted by Crippen LogP contribution is 2.39. The van der Waals surface area contributed by atoms with Crippen LogP contribution in [0, 0.1) is 5.82 Å². The van der Waals surface area contributed by atoms with Gasteiger partial charge in [0.2, 0.25) is 0 Å². The Hall–Kier alpha value is -2.43. The molecule has 1 heterocycles. The van der Waals surface area contributed by atoms with Crippen molar-refractivity contribution in [1.82, 2.24) is 4.90 Å². The molecule has 1 fully saturated rings. The molecule has 156 valence electrons. The highest BCUT2D eigenvalue weighted by molar-refractivity contribution is 9.10. The Morgan fingerprint density at radius 3 is 2.63 bits per heavy atom. The number of ether oxygens (including phenoxy) is 2. The molecule has 10 heteroatoms. The first kappa shape index (κ1) is 22.3. The fourth-order valence-electron chi connectivity index (χ4n) is 2.53. The van der Waals surface area contributed by atoms with Crippen molar-refractivity contribution in [3.63, 3.8) is 0 Å². The number of anilines is 1. The van der Waals surface area contributed by atoms with Crippen molar-refractivity contribution in [2.24, 2.45) is 0 Å². The predicted octanol–water partition coefficient (Wildman–Crippen LogP) is 4.45. The molecule has 0 spiro atoms. The summed E-state index contributed by atoms with van der Waals surface area (Å²) in [6.07, 6.45) is 1.71. The lowest BCUT2D eigenvalue weighted by Crippen LogP contribution is -2.22. The summed E-state index contributed by atoms with van der Waals surface area (Å²) >= 11 is 9.77. The second-order valence-electron chi connectivity index (χ2n) is 6.12. The van der Waals surface area contributed by atoms with Crippen molar-refractivity contribution in [2.45, 2.75) is 0 Å². The van der Waals surface area contributed by atoms with E-state index < -0.39 is 5.91 Å². The van der Waals surface area contributed by atoms with Gasteiger partial charge in [-0.1, -0.05) is 24.0 Å². The van der Waals surface area contributed by atoms with Crippen LogP contribution in [0.25, 0.3) is 6.08 Å². The molecular formula is C20H16BrFN2O4S2. The number of likely N-dealkylation sites (N-methyl/N-ethyl adjacent to an activating group) is 1. The molecule has 0 aliphatic carbocycles. The number of hydrogen-bond acceptors (Lipinski definition) is 6. The summed E-state index contributed by atoms with van der Waals surface area (Å²) in [7, 11) is 3.10. The molecule has 1 aliphatic heterocycles. The molecule has 2 amide bonds. The minimum atomic E-state index is -0.411. The van der Waals surface area contributed by atoms with Gasteiger partial charge in [-0.3, -0.25) is 14.5 Å². The number of carbonyl (C=O) groups is 2. The van der Waals surface area contributed by atoms with Gasteiger partial charge in [-0.15, -0.1) is 0 Å². The van der Waals surface area contributed by atoms with Crippen molar-refractivity contribution in [3.05, 3.63) is 57.2 Å². The molecule has 0 radical (unpaired) electrons. The Kier molecular flexibility index (Phi) is 7.11. The first-order valence-electron chi connectivity index (χ1n) is 8.56. The van der Waals surface area contributed by atoms with Crippen molar-refractivity contribution in [1.29, 1.82) is 0 Å². The minimum absolute atomic E-state index is 0.169. The van der Waals surface area contributed by atoms with Crippen LogP contribution in [-0.4, -0.2) is 41.8 Å². The van der Waals surface area contributed by atoms with Crippen LogP contribution in [0.4, 0.5) is 10.1 Å². The average Bonchev–Trinajstić information content (AvgIpc) is 2.95. The number of thioether (sulfide) groups is 1. The number of halogens is 2. The van der Waals surface area contributed by atoms with Gasteiger partial charge in [0, 0.05) is 12.7 Å². The van der Waals surface area contributed by atoms with Crippen molar-refractivity contribution in [2.75, 3.05) is 26.1 Å². The number of benzene rings is 2. The third-order valence-corrected chi connectivity index (χ3v) is 6.09. The number of methoxy groups -OCH3 is 1. The maximum absolute atomic E-state index is 13.0. The Balaban J connectivity index is 1.73. The fourth-order valence-corrected chi connectivity index (χ4v) is 4.28. The standard InChI is InChI=1S/C20H16BrFN2O4S2/c1-24-19(26)16(30-20(24)29)9-11-7-14(21)18(15(8-11)27-2)28-10-17(25)23-13-5-3-12(22)4-6-13/h3-9H,10H2,1-2H3,(H,23,25)/b16-9-. The molecule has 0 atom stereocenters. The molecule has 0 bridgehead atoms. The van der Waals surface area contributed by atoms with Crippen molar-refractivity contribution >= 4 is 67.8 Å². The topological polar surface area (TPSA) is 67.9 Å². The zero-order chi connectivity index (χ0) is 21.8. The molecule has 1 N–H and O–H groups in total. The summed E-state index contributed by atoms with van der Waals surface area (Å²) in [6, 6.07) is 8.86. The fraction of sp³-hybridized carbons (Fsp3) is 0.150. The van der Waals surface area contributed by atoms with Crippen LogP contribution in [0.1, 0.15) is 5.56 Å². The molecule has 30 heavy (non-hydrogen) atoms. The Morgan fingerprint density at radius 2 is 2.03 bits per heavy atom. The number of nitrogens with zero attached hydrogens (tertiary/aromatic N) is 1. The van der Waals surface area contributed by atoms with E-state index in [-0.39, 0.29) is 18.3 Å². The molecule has 1 aliphatic rings. The van der Waals surface area contributed by atoms with E-state index in [9.17, 15) is 14.0 Å². The summed E-state index contributed by atoms with van der Waals surface area (Å²) < 4.78 is 25.0. The molecule has 0 unspecified atom stereocenters. The maximum Gasteiger partial charge on any atom is 0.265 e. The second-order valence-corrected chi connectivity index (χ2v) is 8.65. The molecule has 2 aromatic carbocycles. The summed E-state index contributed by atoms with van der Waals surface area (Å²) in [4.78, 5) is 26.2. The smallest absolute Gasteiger partial charge is 0.265 e. The SMILES string of the molecule is COc1cc(/C=C2\SC(=S)N(C)C2=O)cc(Br)c1OCC(=O)Nc1ccc(F)cc1. The van der Waals surface area contributed by atoms with Gasteiger partial charge in [0.15, 0.2) is 18.1 Å². The van der Waals surface area contributed by atoms with Gasteiger partial charge in [0.1, 0.15) is 10.1 Å². The Morgan fingerprint density at radius 1 is 1.33 bits per heavy atom. The third kappa shape index (κ3) is 5.18. The van der Waals surface area contributed by atoms with Crippen LogP contribution in [0.2, 0.25) is 0 Å². The number of rotatable bonds is 6. The van der Waals surface area contributed by atoms with Gasteiger partial charge in [0.05, 0.1) is 16.5 Å².